The molecule has 0 aliphatic carbocycles. The van der Waals surface area contributed by atoms with Crippen molar-refractivity contribution in [3.8, 4) is 17.4 Å². The zero-order chi connectivity index (χ0) is 20.8. The van der Waals surface area contributed by atoms with E-state index in [1.54, 1.807) is 25.6 Å². The number of carbonyl (C=O) groups is 1. The van der Waals surface area contributed by atoms with Gasteiger partial charge in [0.1, 0.15) is 5.75 Å². The van der Waals surface area contributed by atoms with Gasteiger partial charge < -0.3 is 14.2 Å². The number of hydrogen-bond acceptors (Lipinski definition) is 7. The lowest BCUT2D eigenvalue weighted by molar-refractivity contribution is -0.132. The van der Waals surface area contributed by atoms with Gasteiger partial charge in [-0.05, 0) is 42.9 Å². The Hall–Kier alpha value is -3.29. The minimum absolute atomic E-state index is 0.126. The van der Waals surface area contributed by atoms with E-state index < -0.39 is 0 Å². The maximum absolute atomic E-state index is 12.6. The second-order valence-electron chi connectivity index (χ2n) is 7.42. The number of rotatable bonds is 7. The molecule has 1 aliphatic heterocycles. The van der Waals surface area contributed by atoms with Gasteiger partial charge in [-0.15, -0.1) is 0 Å². The van der Waals surface area contributed by atoms with Crippen LogP contribution in [0.25, 0.3) is 11.6 Å². The van der Waals surface area contributed by atoms with Crippen LogP contribution in [-0.4, -0.2) is 51.1 Å². The first-order chi connectivity index (χ1) is 14.7. The molecule has 0 saturated carbocycles. The number of aromatic nitrogens is 4. The fourth-order valence-electron chi connectivity index (χ4n) is 3.80. The lowest BCUT2D eigenvalue weighted by Crippen LogP contribution is -2.39. The van der Waals surface area contributed by atoms with Crippen LogP contribution in [-0.2, 0) is 17.6 Å². The van der Waals surface area contributed by atoms with Crippen molar-refractivity contribution < 1.29 is 14.1 Å². The summed E-state index contributed by atoms with van der Waals surface area (Å²) in [6, 6.07) is 9.88. The highest BCUT2D eigenvalue weighted by Gasteiger charge is 2.24. The van der Waals surface area contributed by atoms with Crippen LogP contribution in [0.15, 0.2) is 47.2 Å². The van der Waals surface area contributed by atoms with Gasteiger partial charge in [0, 0.05) is 38.3 Å². The summed E-state index contributed by atoms with van der Waals surface area (Å²) >= 11 is 0. The number of aryl methyl sites for hydroxylation is 1. The number of piperidine rings is 1. The number of hydrogen-bond donors (Lipinski definition) is 0. The summed E-state index contributed by atoms with van der Waals surface area (Å²) in [6.07, 6.45) is 7.01. The van der Waals surface area contributed by atoms with E-state index in [0.29, 0.717) is 36.3 Å². The standard InChI is InChI=1S/C22H25N5O3/c1-29-18-6-3-2-5-17(18)15-16-9-13-27(14-10-16)20(28)8-7-19-25-22(26-30-19)21-23-11-4-12-24-21/h2-6,11-12,16H,7-10,13-15H2,1H3. The predicted molar refractivity (Wildman–Crippen MR) is 110 cm³/mol. The van der Waals surface area contributed by atoms with Gasteiger partial charge in [0.05, 0.1) is 7.11 Å². The molecule has 156 valence electrons. The van der Waals surface area contributed by atoms with Gasteiger partial charge >= 0.3 is 0 Å². The maximum Gasteiger partial charge on any atom is 0.240 e. The van der Waals surface area contributed by atoms with Crippen LogP contribution in [0.3, 0.4) is 0 Å². The highest BCUT2D eigenvalue weighted by Crippen LogP contribution is 2.27. The van der Waals surface area contributed by atoms with Crippen molar-refractivity contribution in [1.82, 2.24) is 25.0 Å². The molecule has 1 amide bonds. The van der Waals surface area contributed by atoms with Gasteiger partial charge in [0.25, 0.3) is 0 Å². The molecule has 0 bridgehead atoms. The Morgan fingerprint density at radius 3 is 2.67 bits per heavy atom. The number of likely N-dealkylation sites (tertiary alicyclic amines) is 1. The molecule has 1 aliphatic rings. The Morgan fingerprint density at radius 2 is 1.90 bits per heavy atom. The van der Waals surface area contributed by atoms with E-state index in [4.69, 9.17) is 9.26 Å². The molecular formula is C22H25N5O3. The van der Waals surface area contributed by atoms with Gasteiger partial charge in [-0.1, -0.05) is 23.4 Å². The number of amides is 1. The molecule has 0 unspecified atom stereocenters. The quantitative estimate of drug-likeness (QED) is 0.594. The van der Waals surface area contributed by atoms with Crippen molar-refractivity contribution in [3.05, 3.63) is 54.2 Å². The Bertz CT molecular complexity index is 968. The topological polar surface area (TPSA) is 94.2 Å². The van der Waals surface area contributed by atoms with Gasteiger partial charge in [-0.25, -0.2) is 9.97 Å². The van der Waals surface area contributed by atoms with Crippen molar-refractivity contribution in [2.45, 2.75) is 32.1 Å². The average Bonchev–Trinajstić information content (AvgIpc) is 3.28. The molecule has 0 radical (unpaired) electrons. The van der Waals surface area contributed by atoms with E-state index >= 15 is 0 Å². The first-order valence-corrected chi connectivity index (χ1v) is 10.2. The minimum atomic E-state index is 0.126. The van der Waals surface area contributed by atoms with E-state index in [2.05, 4.69) is 26.2 Å². The van der Waals surface area contributed by atoms with Crippen LogP contribution >= 0.6 is 0 Å². The van der Waals surface area contributed by atoms with Gasteiger partial charge in [-0.3, -0.25) is 4.79 Å². The molecule has 1 saturated heterocycles. The lowest BCUT2D eigenvalue weighted by Gasteiger charge is -2.32. The van der Waals surface area contributed by atoms with E-state index in [1.165, 1.54) is 5.56 Å². The first-order valence-electron chi connectivity index (χ1n) is 10.2. The third-order valence-corrected chi connectivity index (χ3v) is 5.45. The fraction of sp³-hybridized carbons (Fsp3) is 0.409. The minimum Gasteiger partial charge on any atom is -0.496 e. The molecule has 3 heterocycles. The maximum atomic E-state index is 12.6. The summed E-state index contributed by atoms with van der Waals surface area (Å²) in [5.74, 6) is 2.81. The number of benzene rings is 1. The van der Waals surface area contributed by atoms with E-state index in [1.807, 2.05) is 23.1 Å². The second-order valence-corrected chi connectivity index (χ2v) is 7.42. The number of ether oxygens (including phenoxy) is 1. The third-order valence-electron chi connectivity index (χ3n) is 5.45. The molecule has 1 fully saturated rings. The normalized spacial score (nSPS) is 14.6. The number of methoxy groups -OCH3 is 1. The third kappa shape index (κ3) is 4.82. The molecular weight excluding hydrogens is 382 g/mol. The number of carbonyl (C=O) groups excluding carboxylic acids is 1. The zero-order valence-corrected chi connectivity index (χ0v) is 17.0. The highest BCUT2D eigenvalue weighted by molar-refractivity contribution is 5.76. The molecule has 0 spiro atoms. The molecule has 30 heavy (non-hydrogen) atoms. The van der Waals surface area contributed by atoms with Crippen molar-refractivity contribution in [2.24, 2.45) is 5.92 Å². The molecule has 3 aromatic rings. The van der Waals surface area contributed by atoms with Crippen molar-refractivity contribution >= 4 is 5.91 Å². The van der Waals surface area contributed by atoms with E-state index in [9.17, 15) is 4.79 Å². The van der Waals surface area contributed by atoms with Gasteiger partial charge in [0.15, 0.2) is 0 Å². The number of para-hydroxylation sites is 1. The van der Waals surface area contributed by atoms with Crippen LogP contribution in [0.5, 0.6) is 5.75 Å². The summed E-state index contributed by atoms with van der Waals surface area (Å²) in [7, 11) is 1.71. The summed E-state index contributed by atoms with van der Waals surface area (Å²) in [4.78, 5) is 27.0. The molecule has 0 atom stereocenters. The molecule has 8 nitrogen and oxygen atoms in total. The lowest BCUT2D eigenvalue weighted by atomic mass is 9.89. The summed E-state index contributed by atoms with van der Waals surface area (Å²) in [5.41, 5.74) is 1.24. The SMILES string of the molecule is COc1ccccc1CC1CCN(C(=O)CCc2nc(-c3ncccn3)no2)CC1. The van der Waals surface area contributed by atoms with E-state index in [-0.39, 0.29) is 5.91 Å². The van der Waals surface area contributed by atoms with Crippen LogP contribution in [0.1, 0.15) is 30.7 Å². The summed E-state index contributed by atoms with van der Waals surface area (Å²) < 4.78 is 10.7. The second kappa shape index (κ2) is 9.47. The smallest absolute Gasteiger partial charge is 0.240 e. The average molecular weight is 407 g/mol. The summed E-state index contributed by atoms with van der Waals surface area (Å²) in [6.45, 7) is 1.57. The van der Waals surface area contributed by atoms with Crippen LogP contribution in [0.2, 0.25) is 0 Å². The molecule has 8 heteroatoms. The largest absolute Gasteiger partial charge is 0.496 e. The van der Waals surface area contributed by atoms with E-state index in [0.717, 1.165) is 38.1 Å². The van der Waals surface area contributed by atoms with Gasteiger partial charge in [0.2, 0.25) is 23.4 Å². The van der Waals surface area contributed by atoms with Crippen molar-refractivity contribution in [3.63, 3.8) is 0 Å². The Labute approximate surface area is 175 Å². The van der Waals surface area contributed by atoms with Crippen LogP contribution < -0.4 is 4.74 Å². The Kier molecular flexibility index (Phi) is 6.32. The van der Waals surface area contributed by atoms with Gasteiger partial charge in [-0.2, -0.15) is 4.98 Å². The van der Waals surface area contributed by atoms with Crippen molar-refractivity contribution in [2.75, 3.05) is 20.2 Å². The highest BCUT2D eigenvalue weighted by atomic mass is 16.5. The fourth-order valence-corrected chi connectivity index (χ4v) is 3.80. The molecule has 4 rings (SSSR count). The van der Waals surface area contributed by atoms with Crippen LogP contribution in [0.4, 0.5) is 0 Å². The first kappa shape index (κ1) is 20.0. The van der Waals surface area contributed by atoms with Crippen molar-refractivity contribution in [1.29, 1.82) is 0 Å². The molecule has 0 N–H and O–H groups in total. The monoisotopic (exact) mass is 407 g/mol. The Morgan fingerprint density at radius 1 is 1.13 bits per heavy atom. The zero-order valence-electron chi connectivity index (χ0n) is 17.0. The number of nitrogens with zero attached hydrogens (tertiary/aromatic N) is 5. The van der Waals surface area contributed by atoms with Crippen LogP contribution in [0, 0.1) is 5.92 Å². The molecule has 2 aromatic heterocycles. The predicted octanol–water partition coefficient (Wildman–Crippen LogP) is 2.95. The summed E-state index contributed by atoms with van der Waals surface area (Å²) in [5, 5.41) is 3.89. The molecule has 1 aromatic carbocycles. The Balaban J connectivity index is 1.24.